The second-order valence-corrected chi connectivity index (χ2v) is 5.95. The summed E-state index contributed by atoms with van der Waals surface area (Å²) in [6.45, 7) is 0.466. The highest BCUT2D eigenvalue weighted by Gasteiger charge is 2.36. The first-order chi connectivity index (χ1) is 10.5. The summed E-state index contributed by atoms with van der Waals surface area (Å²) in [6.07, 6.45) is 1.43. The first-order valence-electron chi connectivity index (χ1n) is 7.28. The number of halogens is 1. The van der Waals surface area contributed by atoms with Gasteiger partial charge in [-0.25, -0.2) is 0 Å². The van der Waals surface area contributed by atoms with Gasteiger partial charge in [0, 0.05) is 31.1 Å². The number of hydrogen-bond acceptors (Lipinski definition) is 3. The van der Waals surface area contributed by atoms with Gasteiger partial charge in [0.15, 0.2) is 0 Å². The van der Waals surface area contributed by atoms with Gasteiger partial charge in [0.2, 0.25) is 5.91 Å². The number of benzene rings is 1. The summed E-state index contributed by atoms with van der Waals surface area (Å²) >= 11 is 5.83. The molecule has 0 saturated carbocycles. The Kier molecular flexibility index (Phi) is 5.80. The number of carboxylic acids is 1. The fourth-order valence-corrected chi connectivity index (χ4v) is 2.92. The van der Waals surface area contributed by atoms with Crippen molar-refractivity contribution >= 4 is 23.5 Å². The van der Waals surface area contributed by atoms with Gasteiger partial charge >= 0.3 is 5.97 Å². The van der Waals surface area contributed by atoms with Crippen molar-refractivity contribution < 1.29 is 19.4 Å². The molecular formula is C16H20ClNO4. The lowest BCUT2D eigenvalue weighted by atomic mass is 10.1. The van der Waals surface area contributed by atoms with Crippen molar-refractivity contribution in [3.8, 4) is 0 Å². The predicted octanol–water partition coefficient (Wildman–Crippen LogP) is 2.36. The van der Waals surface area contributed by atoms with Gasteiger partial charge in [-0.3, -0.25) is 9.59 Å². The average molecular weight is 326 g/mol. The van der Waals surface area contributed by atoms with E-state index >= 15 is 0 Å². The van der Waals surface area contributed by atoms with Crippen LogP contribution in [0.5, 0.6) is 0 Å². The van der Waals surface area contributed by atoms with E-state index in [1.54, 1.807) is 24.1 Å². The van der Waals surface area contributed by atoms with Gasteiger partial charge in [-0.1, -0.05) is 23.7 Å². The maximum atomic E-state index is 12.4. The fourth-order valence-electron chi connectivity index (χ4n) is 2.79. The van der Waals surface area contributed by atoms with Gasteiger partial charge in [0.25, 0.3) is 0 Å². The number of amides is 1. The molecule has 1 saturated heterocycles. The number of methoxy groups -OCH3 is 1. The Balaban J connectivity index is 1.94. The van der Waals surface area contributed by atoms with Crippen LogP contribution in [0.4, 0.5) is 0 Å². The molecule has 0 spiro atoms. The highest BCUT2D eigenvalue weighted by atomic mass is 35.5. The van der Waals surface area contributed by atoms with Gasteiger partial charge in [-0.15, -0.1) is 0 Å². The number of ether oxygens (including phenoxy) is 1. The molecule has 0 aromatic heterocycles. The number of nitrogens with zero attached hydrogens (tertiary/aromatic N) is 1. The predicted molar refractivity (Wildman–Crippen MR) is 82.9 cm³/mol. The lowest BCUT2D eigenvalue weighted by molar-refractivity contribution is -0.139. The Hall–Kier alpha value is -1.59. The van der Waals surface area contributed by atoms with Crippen LogP contribution >= 0.6 is 11.6 Å². The van der Waals surface area contributed by atoms with Crippen LogP contribution in [0.25, 0.3) is 0 Å². The Morgan fingerprint density at radius 2 is 2.05 bits per heavy atom. The number of hydrogen-bond donors (Lipinski definition) is 1. The highest BCUT2D eigenvalue weighted by molar-refractivity contribution is 6.30. The molecule has 1 amide bonds. The molecule has 1 aromatic rings. The zero-order valence-corrected chi connectivity index (χ0v) is 13.3. The minimum atomic E-state index is -0.891. The van der Waals surface area contributed by atoms with Crippen LogP contribution in [-0.4, -0.2) is 47.7 Å². The Labute approximate surface area is 134 Å². The van der Waals surface area contributed by atoms with Crippen molar-refractivity contribution in [2.45, 2.75) is 37.8 Å². The summed E-state index contributed by atoms with van der Waals surface area (Å²) in [5.74, 6) is -0.919. The zero-order chi connectivity index (χ0) is 16.1. The van der Waals surface area contributed by atoms with Crippen LogP contribution in [0.1, 0.15) is 24.8 Å². The maximum absolute atomic E-state index is 12.4. The molecule has 2 rings (SSSR count). The molecule has 5 nitrogen and oxygen atoms in total. The van der Waals surface area contributed by atoms with E-state index < -0.39 is 5.97 Å². The second-order valence-electron chi connectivity index (χ2n) is 5.52. The van der Waals surface area contributed by atoms with Gasteiger partial charge in [-0.05, 0) is 30.5 Å². The molecular weight excluding hydrogens is 306 g/mol. The van der Waals surface area contributed by atoms with Crippen LogP contribution in [0.15, 0.2) is 24.3 Å². The van der Waals surface area contributed by atoms with Gasteiger partial charge in [-0.2, -0.15) is 0 Å². The molecule has 1 aliphatic rings. The number of rotatable bonds is 6. The Bertz CT molecular complexity index is 531. The molecule has 1 fully saturated rings. The number of carbonyl (C=O) groups excluding carboxylic acids is 1. The van der Waals surface area contributed by atoms with Crippen molar-refractivity contribution in [3.05, 3.63) is 34.9 Å². The first-order valence-corrected chi connectivity index (χ1v) is 7.66. The number of carboxylic acid groups (broad SMARTS) is 1. The largest absolute Gasteiger partial charge is 0.481 e. The van der Waals surface area contributed by atoms with Crippen molar-refractivity contribution in [1.29, 1.82) is 0 Å². The molecule has 0 bridgehead atoms. The Morgan fingerprint density at radius 1 is 1.36 bits per heavy atom. The van der Waals surface area contributed by atoms with Crippen LogP contribution in [-0.2, 0) is 20.7 Å². The molecule has 120 valence electrons. The molecule has 1 heterocycles. The summed E-state index contributed by atoms with van der Waals surface area (Å²) in [5.41, 5.74) is 1.04. The minimum absolute atomic E-state index is 0.0271. The van der Waals surface area contributed by atoms with Crippen molar-refractivity contribution in [2.75, 3.05) is 13.7 Å². The van der Waals surface area contributed by atoms with E-state index in [-0.39, 0.29) is 24.5 Å². The number of aryl methyl sites for hydroxylation is 1. The lowest BCUT2D eigenvalue weighted by Crippen LogP contribution is -2.37. The van der Waals surface area contributed by atoms with E-state index in [2.05, 4.69) is 0 Å². The SMILES string of the molecule is COC1CC(CC(=O)O)N(C(=O)CCc2ccc(Cl)cc2)C1. The molecule has 2 unspecified atom stereocenters. The molecule has 1 aliphatic heterocycles. The molecule has 1 aromatic carbocycles. The number of carbonyl (C=O) groups is 2. The van der Waals surface area contributed by atoms with Gasteiger partial charge < -0.3 is 14.7 Å². The normalized spacial score (nSPS) is 21.1. The minimum Gasteiger partial charge on any atom is -0.481 e. The van der Waals surface area contributed by atoms with E-state index in [0.717, 1.165) is 5.56 Å². The van der Waals surface area contributed by atoms with E-state index in [1.165, 1.54) is 0 Å². The van der Waals surface area contributed by atoms with E-state index in [4.69, 9.17) is 21.4 Å². The summed E-state index contributed by atoms with van der Waals surface area (Å²) < 4.78 is 5.28. The molecule has 0 aliphatic carbocycles. The molecule has 1 N–H and O–H groups in total. The van der Waals surface area contributed by atoms with Crippen LogP contribution in [0.2, 0.25) is 5.02 Å². The van der Waals surface area contributed by atoms with Crippen LogP contribution in [0.3, 0.4) is 0 Å². The third kappa shape index (κ3) is 4.45. The number of aliphatic carboxylic acids is 1. The smallest absolute Gasteiger partial charge is 0.305 e. The quantitative estimate of drug-likeness (QED) is 0.872. The zero-order valence-electron chi connectivity index (χ0n) is 12.5. The highest BCUT2D eigenvalue weighted by Crippen LogP contribution is 2.24. The van der Waals surface area contributed by atoms with Crippen molar-refractivity contribution in [2.24, 2.45) is 0 Å². The first kappa shape index (κ1) is 16.8. The molecule has 22 heavy (non-hydrogen) atoms. The summed E-state index contributed by atoms with van der Waals surface area (Å²) in [5, 5.41) is 9.64. The molecule has 6 heteroatoms. The van der Waals surface area contributed by atoms with Crippen molar-refractivity contribution in [1.82, 2.24) is 4.90 Å². The topological polar surface area (TPSA) is 66.8 Å². The third-order valence-electron chi connectivity index (χ3n) is 3.98. The fraction of sp³-hybridized carbons (Fsp3) is 0.500. The Morgan fingerprint density at radius 3 is 2.64 bits per heavy atom. The van der Waals surface area contributed by atoms with Crippen LogP contribution < -0.4 is 0 Å². The van der Waals surface area contributed by atoms with Gasteiger partial charge in [0.1, 0.15) is 0 Å². The van der Waals surface area contributed by atoms with Crippen LogP contribution in [0, 0.1) is 0 Å². The van der Waals surface area contributed by atoms with Crippen molar-refractivity contribution in [3.63, 3.8) is 0 Å². The summed E-state index contributed by atoms with van der Waals surface area (Å²) in [7, 11) is 1.59. The van der Waals surface area contributed by atoms with E-state index in [1.807, 2.05) is 12.1 Å². The monoisotopic (exact) mass is 325 g/mol. The maximum Gasteiger partial charge on any atom is 0.305 e. The summed E-state index contributed by atoms with van der Waals surface area (Å²) in [6, 6.07) is 7.11. The molecule has 0 radical (unpaired) electrons. The summed E-state index contributed by atoms with van der Waals surface area (Å²) in [4.78, 5) is 25.0. The number of likely N-dealkylation sites (tertiary alicyclic amines) is 1. The third-order valence-corrected chi connectivity index (χ3v) is 4.23. The second kappa shape index (κ2) is 7.61. The van der Waals surface area contributed by atoms with E-state index in [0.29, 0.717) is 30.8 Å². The molecule has 2 atom stereocenters. The van der Waals surface area contributed by atoms with Gasteiger partial charge in [0.05, 0.1) is 12.5 Å². The lowest BCUT2D eigenvalue weighted by Gasteiger charge is -2.23. The standard InChI is InChI=1S/C16H20ClNO4/c1-22-14-8-13(9-16(20)21)18(10-14)15(19)7-4-11-2-5-12(17)6-3-11/h2-3,5-6,13-14H,4,7-10H2,1H3,(H,20,21). The van der Waals surface area contributed by atoms with E-state index in [9.17, 15) is 9.59 Å². The average Bonchev–Trinajstić information content (AvgIpc) is 2.88.